The quantitative estimate of drug-likeness (QED) is 0.371. The monoisotopic (exact) mass is 501 g/mol. The van der Waals surface area contributed by atoms with Crippen molar-refractivity contribution in [1.82, 2.24) is 30.3 Å². The molecule has 1 amide bonds. The van der Waals surface area contributed by atoms with Crippen molar-refractivity contribution in [2.24, 2.45) is 10.4 Å². The molecule has 3 aliphatic rings. The zero-order chi connectivity index (χ0) is 18.7. The fourth-order valence-electron chi connectivity index (χ4n) is 4.78. The highest BCUT2D eigenvalue weighted by molar-refractivity contribution is 14.0. The summed E-state index contributed by atoms with van der Waals surface area (Å²) in [7, 11) is 1.84. The van der Waals surface area contributed by atoms with E-state index in [1.165, 1.54) is 19.3 Å². The van der Waals surface area contributed by atoms with Crippen LogP contribution in [0, 0.1) is 5.41 Å². The van der Waals surface area contributed by atoms with Crippen molar-refractivity contribution >= 4 is 35.8 Å². The SMILES string of the molecule is CN=C(NCCc1nnc2n1CCCCC2)N1CCCC2(CNC(=O)C2)C1.I. The average Bonchev–Trinajstić information content (AvgIpc) is 3.12. The van der Waals surface area contributed by atoms with Gasteiger partial charge in [0.2, 0.25) is 5.91 Å². The maximum atomic E-state index is 11.7. The Morgan fingerprint density at radius 1 is 1.25 bits per heavy atom. The van der Waals surface area contributed by atoms with Crippen molar-refractivity contribution in [1.29, 1.82) is 0 Å². The maximum absolute atomic E-state index is 11.7. The van der Waals surface area contributed by atoms with Crippen LogP contribution in [0.4, 0.5) is 0 Å². The first-order valence-corrected chi connectivity index (χ1v) is 10.3. The third-order valence-corrected chi connectivity index (χ3v) is 6.19. The van der Waals surface area contributed by atoms with Crippen LogP contribution in [0.5, 0.6) is 0 Å². The number of piperidine rings is 1. The van der Waals surface area contributed by atoms with Gasteiger partial charge in [0.05, 0.1) is 0 Å². The number of amides is 1. The van der Waals surface area contributed by atoms with Gasteiger partial charge in [-0.2, -0.15) is 0 Å². The lowest BCUT2D eigenvalue weighted by molar-refractivity contribution is -0.119. The van der Waals surface area contributed by atoms with Crippen LogP contribution in [0.3, 0.4) is 0 Å². The van der Waals surface area contributed by atoms with Crippen LogP contribution in [-0.4, -0.2) is 64.8 Å². The van der Waals surface area contributed by atoms with Gasteiger partial charge < -0.3 is 20.1 Å². The number of halogens is 1. The number of guanidine groups is 1. The summed E-state index contributed by atoms with van der Waals surface area (Å²) in [5.41, 5.74) is 0.0806. The summed E-state index contributed by atoms with van der Waals surface area (Å²) in [5, 5.41) is 15.3. The minimum absolute atomic E-state index is 0. The van der Waals surface area contributed by atoms with E-state index in [0.29, 0.717) is 6.42 Å². The Morgan fingerprint density at radius 2 is 2.14 bits per heavy atom. The Bertz CT molecular complexity index is 719. The van der Waals surface area contributed by atoms with E-state index in [1.807, 2.05) is 7.05 Å². The molecule has 9 heteroatoms. The Morgan fingerprint density at radius 3 is 2.93 bits per heavy atom. The van der Waals surface area contributed by atoms with Crippen LogP contribution >= 0.6 is 24.0 Å². The molecule has 1 unspecified atom stereocenters. The van der Waals surface area contributed by atoms with Gasteiger partial charge in [-0.1, -0.05) is 6.42 Å². The number of nitrogens with one attached hydrogen (secondary N) is 2. The van der Waals surface area contributed by atoms with Crippen molar-refractivity contribution in [3.8, 4) is 0 Å². The number of carbonyl (C=O) groups excluding carboxylic acids is 1. The van der Waals surface area contributed by atoms with Crippen molar-refractivity contribution in [2.75, 3.05) is 33.2 Å². The molecule has 0 aromatic carbocycles. The summed E-state index contributed by atoms with van der Waals surface area (Å²) in [6, 6.07) is 0. The smallest absolute Gasteiger partial charge is 0.220 e. The van der Waals surface area contributed by atoms with Crippen molar-refractivity contribution in [3.05, 3.63) is 11.6 Å². The summed E-state index contributed by atoms with van der Waals surface area (Å²) in [5.74, 6) is 3.34. The van der Waals surface area contributed by atoms with E-state index < -0.39 is 0 Å². The van der Waals surface area contributed by atoms with E-state index in [0.717, 1.165) is 76.0 Å². The summed E-state index contributed by atoms with van der Waals surface area (Å²) in [4.78, 5) is 18.5. The van der Waals surface area contributed by atoms with Crippen molar-refractivity contribution in [2.45, 2.75) is 57.9 Å². The number of nitrogens with zero attached hydrogens (tertiary/aromatic N) is 5. The maximum Gasteiger partial charge on any atom is 0.220 e. The van der Waals surface area contributed by atoms with Gasteiger partial charge in [-0.15, -0.1) is 34.2 Å². The predicted octanol–water partition coefficient (Wildman–Crippen LogP) is 1.34. The van der Waals surface area contributed by atoms with Gasteiger partial charge in [0.15, 0.2) is 5.96 Å². The number of hydrogen-bond acceptors (Lipinski definition) is 4. The lowest BCUT2D eigenvalue weighted by Crippen LogP contribution is -2.51. The summed E-state index contributed by atoms with van der Waals surface area (Å²) < 4.78 is 2.31. The molecule has 0 aliphatic carbocycles. The fraction of sp³-hybridized carbons (Fsp3) is 0.789. The van der Waals surface area contributed by atoms with Crippen LogP contribution in [-0.2, 0) is 24.2 Å². The van der Waals surface area contributed by atoms with E-state index in [2.05, 4.69) is 35.3 Å². The second kappa shape index (κ2) is 9.41. The number of likely N-dealkylation sites (tertiary alicyclic amines) is 1. The van der Waals surface area contributed by atoms with Crippen LogP contribution in [0.2, 0.25) is 0 Å². The molecule has 2 N–H and O–H groups in total. The summed E-state index contributed by atoms with van der Waals surface area (Å²) in [6.07, 6.45) is 8.48. The molecule has 4 heterocycles. The Hall–Kier alpha value is -1.39. The molecule has 4 rings (SSSR count). The van der Waals surface area contributed by atoms with Gasteiger partial charge in [0.1, 0.15) is 11.6 Å². The molecule has 1 aromatic heterocycles. The molecule has 2 fully saturated rings. The zero-order valence-electron chi connectivity index (χ0n) is 16.7. The van der Waals surface area contributed by atoms with Gasteiger partial charge in [0, 0.05) is 64.4 Å². The lowest BCUT2D eigenvalue weighted by Gasteiger charge is -2.40. The van der Waals surface area contributed by atoms with E-state index in [1.54, 1.807) is 0 Å². The Kier molecular flexibility index (Phi) is 7.16. The largest absolute Gasteiger partial charge is 0.356 e. The number of aromatic nitrogens is 3. The number of carbonyl (C=O) groups is 1. The Balaban J connectivity index is 0.00000225. The highest BCUT2D eigenvalue weighted by Crippen LogP contribution is 2.35. The van der Waals surface area contributed by atoms with Crippen LogP contribution < -0.4 is 10.6 Å². The molecule has 3 aliphatic heterocycles. The molecular weight excluding hydrogens is 469 g/mol. The van der Waals surface area contributed by atoms with Gasteiger partial charge in [0.25, 0.3) is 0 Å². The molecule has 0 radical (unpaired) electrons. The molecule has 1 aromatic rings. The highest BCUT2D eigenvalue weighted by Gasteiger charge is 2.42. The molecular formula is C19H32IN7O. The molecule has 28 heavy (non-hydrogen) atoms. The number of rotatable bonds is 3. The van der Waals surface area contributed by atoms with Crippen molar-refractivity contribution in [3.63, 3.8) is 0 Å². The zero-order valence-corrected chi connectivity index (χ0v) is 19.1. The second-order valence-corrected chi connectivity index (χ2v) is 8.20. The minimum atomic E-state index is 0. The van der Waals surface area contributed by atoms with Gasteiger partial charge in [-0.3, -0.25) is 9.79 Å². The molecule has 0 bridgehead atoms. The molecule has 0 saturated carbocycles. The predicted molar refractivity (Wildman–Crippen MR) is 119 cm³/mol. The standard InChI is InChI=1S/C19H31N7O.HI/c1-20-18(25-10-5-8-19(14-25)12-17(27)22-13-19)21-9-7-16-24-23-15-6-3-2-4-11-26(15)16;/h2-14H2,1H3,(H,20,21)(H,22,27);1H. The first-order valence-electron chi connectivity index (χ1n) is 10.3. The number of aryl methyl sites for hydroxylation is 1. The third kappa shape index (κ3) is 4.60. The molecule has 1 atom stereocenters. The first-order chi connectivity index (χ1) is 13.2. The number of fused-ring (bicyclic) bond motifs is 1. The lowest BCUT2D eigenvalue weighted by atomic mass is 9.79. The van der Waals surface area contributed by atoms with Crippen LogP contribution in [0.1, 0.15) is 50.2 Å². The van der Waals surface area contributed by atoms with Crippen LogP contribution in [0.25, 0.3) is 0 Å². The average molecular weight is 501 g/mol. The van der Waals surface area contributed by atoms with E-state index in [9.17, 15) is 4.79 Å². The summed E-state index contributed by atoms with van der Waals surface area (Å²) >= 11 is 0. The molecule has 1 spiro atoms. The highest BCUT2D eigenvalue weighted by atomic mass is 127. The van der Waals surface area contributed by atoms with Crippen LogP contribution in [0.15, 0.2) is 4.99 Å². The summed E-state index contributed by atoms with van der Waals surface area (Å²) in [6.45, 7) is 4.53. The van der Waals surface area contributed by atoms with E-state index in [4.69, 9.17) is 0 Å². The third-order valence-electron chi connectivity index (χ3n) is 6.19. The van der Waals surface area contributed by atoms with E-state index in [-0.39, 0.29) is 35.3 Å². The van der Waals surface area contributed by atoms with E-state index >= 15 is 0 Å². The van der Waals surface area contributed by atoms with Gasteiger partial charge in [-0.05, 0) is 25.7 Å². The molecule has 156 valence electrons. The molecule has 2 saturated heterocycles. The molecule has 8 nitrogen and oxygen atoms in total. The normalized spacial score (nSPS) is 25.1. The Labute approximate surface area is 184 Å². The number of aliphatic imine (C=N–C) groups is 1. The minimum Gasteiger partial charge on any atom is -0.356 e. The van der Waals surface area contributed by atoms with Gasteiger partial charge >= 0.3 is 0 Å². The number of hydrogen-bond donors (Lipinski definition) is 2. The van der Waals surface area contributed by atoms with Gasteiger partial charge in [-0.25, -0.2) is 0 Å². The second-order valence-electron chi connectivity index (χ2n) is 8.20. The topological polar surface area (TPSA) is 87.4 Å². The first kappa shape index (κ1) is 21.3. The van der Waals surface area contributed by atoms with Crippen molar-refractivity contribution < 1.29 is 4.79 Å². The fourth-order valence-corrected chi connectivity index (χ4v) is 4.78.